The van der Waals surface area contributed by atoms with Crippen LogP contribution in [0, 0.1) is 10.1 Å². The third-order valence-electron chi connectivity index (χ3n) is 3.01. The molecule has 0 unspecified atom stereocenters. The summed E-state index contributed by atoms with van der Waals surface area (Å²) in [4.78, 5) is 33.8. The number of nitrogens with zero attached hydrogens (tertiary/aromatic N) is 1. The normalized spacial score (nSPS) is 10.2. The van der Waals surface area contributed by atoms with Gasteiger partial charge in [0.05, 0.1) is 16.9 Å². The average molecular weight is 301 g/mol. The fourth-order valence-electron chi connectivity index (χ4n) is 1.90. The second-order valence-electron chi connectivity index (χ2n) is 4.50. The molecule has 7 heteroatoms. The van der Waals surface area contributed by atoms with Crippen LogP contribution < -0.4 is 0 Å². The van der Waals surface area contributed by atoms with Crippen molar-refractivity contribution in [2.75, 3.05) is 0 Å². The van der Waals surface area contributed by atoms with E-state index in [1.807, 2.05) is 0 Å². The number of phenolic OH excluding ortho intramolecular Hbond substituents is 2. The first kappa shape index (κ1) is 15.2. The third kappa shape index (κ3) is 3.09. The van der Waals surface area contributed by atoms with Crippen molar-refractivity contribution < 1.29 is 24.7 Å². The lowest BCUT2D eigenvalue weighted by molar-refractivity contribution is -0.385. The molecule has 2 N–H and O–H groups in total. The van der Waals surface area contributed by atoms with Crippen LogP contribution in [-0.2, 0) is 0 Å². The molecule has 0 aliphatic rings. The summed E-state index contributed by atoms with van der Waals surface area (Å²) in [6.45, 7) is 0. The molecule has 0 spiro atoms. The first-order valence-corrected chi connectivity index (χ1v) is 6.22. The molecule has 0 aliphatic carbocycles. The Hall–Kier alpha value is -3.22. The van der Waals surface area contributed by atoms with Crippen molar-refractivity contribution in [2.24, 2.45) is 0 Å². The lowest BCUT2D eigenvalue weighted by Crippen LogP contribution is -2.09. The molecular formula is C15H11NO6. The van der Waals surface area contributed by atoms with E-state index in [-0.39, 0.29) is 5.56 Å². The molecule has 2 aromatic rings. The van der Waals surface area contributed by atoms with E-state index >= 15 is 0 Å². The molecule has 0 saturated heterocycles. The average Bonchev–Trinajstić information content (AvgIpc) is 2.47. The Balaban J connectivity index is 2.28. The summed E-state index contributed by atoms with van der Waals surface area (Å²) in [6.07, 6.45) is -0.542. The van der Waals surface area contributed by atoms with Gasteiger partial charge in [0, 0.05) is 17.7 Å². The summed E-state index contributed by atoms with van der Waals surface area (Å²) < 4.78 is 0. The van der Waals surface area contributed by atoms with Gasteiger partial charge in [0.25, 0.3) is 0 Å². The molecule has 2 aromatic carbocycles. The van der Waals surface area contributed by atoms with Gasteiger partial charge >= 0.3 is 5.69 Å². The highest BCUT2D eigenvalue weighted by atomic mass is 16.6. The predicted octanol–water partition coefficient (Wildman–Crippen LogP) is 2.46. The molecule has 0 heterocycles. The largest absolute Gasteiger partial charge is 0.507 e. The predicted molar refractivity (Wildman–Crippen MR) is 76.1 cm³/mol. The molecule has 0 saturated carbocycles. The maximum Gasteiger partial charge on any atom is 0.311 e. The smallest absolute Gasteiger partial charge is 0.311 e. The van der Waals surface area contributed by atoms with Gasteiger partial charge in [-0.3, -0.25) is 19.7 Å². The summed E-state index contributed by atoms with van der Waals surface area (Å²) in [5, 5.41) is 29.7. The highest BCUT2D eigenvalue weighted by Gasteiger charge is 2.23. The van der Waals surface area contributed by atoms with Gasteiger partial charge in [0.15, 0.2) is 17.3 Å². The van der Waals surface area contributed by atoms with Gasteiger partial charge in [-0.25, -0.2) is 0 Å². The summed E-state index contributed by atoms with van der Waals surface area (Å²) in [6, 6.07) is 9.53. The minimum Gasteiger partial charge on any atom is -0.507 e. The number of nitro groups is 1. The quantitative estimate of drug-likeness (QED) is 0.379. The summed E-state index contributed by atoms with van der Waals surface area (Å²) in [5.41, 5.74) is -0.772. The van der Waals surface area contributed by atoms with E-state index in [0.29, 0.717) is 11.6 Å². The van der Waals surface area contributed by atoms with Crippen LogP contribution in [0.5, 0.6) is 11.5 Å². The van der Waals surface area contributed by atoms with Crippen molar-refractivity contribution in [3.63, 3.8) is 0 Å². The van der Waals surface area contributed by atoms with Gasteiger partial charge in [-0.05, 0) is 0 Å². The van der Waals surface area contributed by atoms with Crippen LogP contribution in [0.3, 0.4) is 0 Å². The number of ketones is 2. The molecule has 112 valence electrons. The van der Waals surface area contributed by atoms with Crippen LogP contribution >= 0.6 is 0 Å². The summed E-state index contributed by atoms with van der Waals surface area (Å²) in [7, 11) is 0. The van der Waals surface area contributed by atoms with E-state index in [4.69, 9.17) is 0 Å². The zero-order valence-electron chi connectivity index (χ0n) is 11.2. The number of hydrogen-bond acceptors (Lipinski definition) is 6. The Bertz CT molecular complexity index is 754. The molecule has 7 nitrogen and oxygen atoms in total. The van der Waals surface area contributed by atoms with Gasteiger partial charge in [-0.2, -0.15) is 0 Å². The number of aromatic hydroxyl groups is 2. The maximum absolute atomic E-state index is 12.1. The van der Waals surface area contributed by atoms with Gasteiger partial charge < -0.3 is 10.2 Å². The monoisotopic (exact) mass is 301 g/mol. The Labute approximate surface area is 124 Å². The molecule has 0 radical (unpaired) electrons. The highest BCUT2D eigenvalue weighted by Crippen LogP contribution is 2.33. The standard InChI is InChI=1S/C15H11NO6/c17-12(9-4-2-1-3-5-9)7-13(18)10-6-11(16(21)22)15(20)8-14(10)19/h1-6,8,19-20H,7H2. The number of benzene rings is 2. The van der Waals surface area contributed by atoms with Gasteiger partial charge in [0.1, 0.15) is 5.75 Å². The maximum atomic E-state index is 12.1. The van der Waals surface area contributed by atoms with Crippen LogP contribution in [0.1, 0.15) is 27.1 Å². The van der Waals surface area contributed by atoms with Crippen molar-refractivity contribution in [1.29, 1.82) is 0 Å². The van der Waals surface area contributed by atoms with Crippen LogP contribution in [0.4, 0.5) is 5.69 Å². The third-order valence-corrected chi connectivity index (χ3v) is 3.01. The zero-order chi connectivity index (χ0) is 16.3. The van der Waals surface area contributed by atoms with Crippen LogP contribution in [0.2, 0.25) is 0 Å². The second-order valence-corrected chi connectivity index (χ2v) is 4.50. The van der Waals surface area contributed by atoms with E-state index in [9.17, 15) is 29.9 Å². The first-order valence-electron chi connectivity index (χ1n) is 6.22. The Morgan fingerprint density at radius 1 is 1.00 bits per heavy atom. The molecule has 2 rings (SSSR count). The minimum atomic E-state index is -0.884. The van der Waals surface area contributed by atoms with Crippen molar-refractivity contribution in [1.82, 2.24) is 0 Å². The van der Waals surface area contributed by atoms with Crippen molar-refractivity contribution in [2.45, 2.75) is 6.42 Å². The van der Waals surface area contributed by atoms with E-state index < -0.39 is 40.1 Å². The minimum absolute atomic E-state index is 0.323. The first-order chi connectivity index (χ1) is 10.4. The topological polar surface area (TPSA) is 118 Å². The number of carbonyl (C=O) groups excluding carboxylic acids is 2. The summed E-state index contributed by atoms with van der Waals surface area (Å²) in [5.74, 6) is -2.61. The fraction of sp³-hybridized carbons (Fsp3) is 0.0667. The van der Waals surface area contributed by atoms with E-state index in [2.05, 4.69) is 0 Å². The van der Waals surface area contributed by atoms with E-state index in [1.54, 1.807) is 18.2 Å². The molecular weight excluding hydrogens is 290 g/mol. The lowest BCUT2D eigenvalue weighted by Gasteiger charge is -2.05. The fourth-order valence-corrected chi connectivity index (χ4v) is 1.90. The molecule has 22 heavy (non-hydrogen) atoms. The zero-order valence-corrected chi connectivity index (χ0v) is 11.2. The number of rotatable bonds is 5. The van der Waals surface area contributed by atoms with Gasteiger partial charge in [-0.1, -0.05) is 30.3 Å². The van der Waals surface area contributed by atoms with Crippen LogP contribution in [-0.4, -0.2) is 26.7 Å². The van der Waals surface area contributed by atoms with Crippen LogP contribution in [0.15, 0.2) is 42.5 Å². The number of hydrogen-bond donors (Lipinski definition) is 2. The molecule has 0 amide bonds. The molecule has 0 aromatic heterocycles. The molecule has 0 fully saturated rings. The molecule has 0 bridgehead atoms. The molecule has 0 atom stereocenters. The number of nitro benzene ring substituents is 1. The van der Waals surface area contributed by atoms with Crippen molar-refractivity contribution >= 4 is 17.3 Å². The van der Waals surface area contributed by atoms with E-state index in [0.717, 1.165) is 6.07 Å². The summed E-state index contributed by atoms with van der Waals surface area (Å²) >= 11 is 0. The van der Waals surface area contributed by atoms with Crippen molar-refractivity contribution in [3.8, 4) is 11.5 Å². The number of Topliss-reactive ketones (excluding diaryl/α,β-unsaturated/α-hetero) is 2. The van der Waals surface area contributed by atoms with Gasteiger partial charge in [0.2, 0.25) is 0 Å². The Kier molecular flexibility index (Phi) is 4.17. The number of phenols is 2. The van der Waals surface area contributed by atoms with E-state index in [1.165, 1.54) is 12.1 Å². The second kappa shape index (κ2) is 6.04. The van der Waals surface area contributed by atoms with Gasteiger partial charge in [-0.15, -0.1) is 0 Å². The highest BCUT2D eigenvalue weighted by molar-refractivity contribution is 6.14. The van der Waals surface area contributed by atoms with Crippen LogP contribution in [0.25, 0.3) is 0 Å². The SMILES string of the molecule is O=C(CC(=O)c1cc([N+](=O)[O-])c(O)cc1O)c1ccccc1. The Morgan fingerprint density at radius 2 is 1.64 bits per heavy atom. The molecule has 0 aliphatic heterocycles. The Morgan fingerprint density at radius 3 is 2.23 bits per heavy atom. The van der Waals surface area contributed by atoms with Crippen molar-refractivity contribution in [3.05, 3.63) is 63.7 Å². The number of carbonyl (C=O) groups is 2. The lowest BCUT2D eigenvalue weighted by atomic mass is 10.0.